The van der Waals surface area contributed by atoms with Crippen LogP contribution in [0.5, 0.6) is 0 Å². The van der Waals surface area contributed by atoms with Gasteiger partial charge in [0, 0.05) is 12.5 Å². The molecule has 116 valence electrons. The second-order valence-electron chi connectivity index (χ2n) is 6.41. The van der Waals surface area contributed by atoms with Gasteiger partial charge in [0.25, 0.3) is 0 Å². The van der Waals surface area contributed by atoms with E-state index in [1.54, 1.807) is 0 Å². The summed E-state index contributed by atoms with van der Waals surface area (Å²) in [6.07, 6.45) is 4.16. The molecule has 1 aromatic rings. The maximum atomic E-state index is 12.3. The van der Waals surface area contributed by atoms with Crippen LogP contribution in [0.2, 0.25) is 0 Å². The fraction of sp³-hybridized carbons (Fsp3) is 0.588. The van der Waals surface area contributed by atoms with E-state index in [1.807, 2.05) is 30.3 Å². The normalized spacial score (nSPS) is 27.1. The molecule has 4 heteroatoms. The Bertz CT molecular complexity index is 463. The van der Waals surface area contributed by atoms with Crippen LogP contribution in [-0.4, -0.2) is 23.2 Å². The molecule has 0 heterocycles. The third-order valence-corrected chi connectivity index (χ3v) is 4.43. The van der Waals surface area contributed by atoms with Crippen LogP contribution in [0.15, 0.2) is 30.3 Å². The molecule has 1 saturated carbocycles. The predicted molar refractivity (Wildman–Crippen MR) is 83.6 cm³/mol. The maximum absolute atomic E-state index is 12.3. The molecule has 0 aliphatic heterocycles. The Morgan fingerprint density at radius 2 is 2.19 bits per heavy atom. The lowest BCUT2D eigenvalue weighted by atomic mass is 9.76. The summed E-state index contributed by atoms with van der Waals surface area (Å²) >= 11 is 0. The molecule has 1 fully saturated rings. The molecular formula is C17H26N2O2. The molecule has 1 aliphatic carbocycles. The number of hydrogen-bond acceptors (Lipinski definition) is 3. The van der Waals surface area contributed by atoms with Crippen molar-refractivity contribution in [3.63, 3.8) is 0 Å². The van der Waals surface area contributed by atoms with E-state index in [0.29, 0.717) is 5.92 Å². The molecular weight excluding hydrogens is 264 g/mol. The van der Waals surface area contributed by atoms with Crippen molar-refractivity contribution in [2.24, 2.45) is 11.7 Å². The highest BCUT2D eigenvalue weighted by Gasteiger charge is 2.35. The fourth-order valence-electron chi connectivity index (χ4n) is 3.32. The number of benzene rings is 1. The topological polar surface area (TPSA) is 75.3 Å². The monoisotopic (exact) mass is 290 g/mol. The van der Waals surface area contributed by atoms with Gasteiger partial charge in [-0.15, -0.1) is 0 Å². The van der Waals surface area contributed by atoms with Gasteiger partial charge in [0.2, 0.25) is 5.91 Å². The summed E-state index contributed by atoms with van der Waals surface area (Å²) in [5.41, 5.74) is 6.60. The molecule has 0 spiro atoms. The number of nitrogens with one attached hydrogen (secondary N) is 1. The van der Waals surface area contributed by atoms with Crippen LogP contribution in [0.25, 0.3) is 0 Å². The van der Waals surface area contributed by atoms with Crippen LogP contribution in [0.3, 0.4) is 0 Å². The van der Waals surface area contributed by atoms with E-state index in [2.05, 4.69) is 12.2 Å². The van der Waals surface area contributed by atoms with Crippen molar-refractivity contribution in [2.45, 2.75) is 50.6 Å². The first kappa shape index (κ1) is 16.0. The van der Waals surface area contributed by atoms with Crippen LogP contribution in [0.1, 0.15) is 50.6 Å². The van der Waals surface area contributed by atoms with Crippen LogP contribution in [0.4, 0.5) is 0 Å². The number of nitrogens with two attached hydrogens (primary N) is 1. The minimum absolute atomic E-state index is 0.00363. The zero-order valence-electron chi connectivity index (χ0n) is 12.7. The van der Waals surface area contributed by atoms with Crippen LogP contribution >= 0.6 is 0 Å². The summed E-state index contributed by atoms with van der Waals surface area (Å²) in [5, 5.41) is 12.8. The van der Waals surface area contributed by atoms with E-state index in [1.165, 1.54) is 6.42 Å². The molecule has 2 rings (SSSR count). The molecule has 21 heavy (non-hydrogen) atoms. The second-order valence-corrected chi connectivity index (χ2v) is 6.41. The Morgan fingerprint density at radius 3 is 2.81 bits per heavy atom. The van der Waals surface area contributed by atoms with Gasteiger partial charge in [0.05, 0.1) is 12.1 Å². The summed E-state index contributed by atoms with van der Waals surface area (Å²) in [6.45, 7) is 2.18. The Kier molecular flexibility index (Phi) is 5.37. The average Bonchev–Trinajstić information content (AvgIpc) is 2.48. The Morgan fingerprint density at radius 1 is 1.48 bits per heavy atom. The van der Waals surface area contributed by atoms with E-state index < -0.39 is 5.54 Å². The van der Waals surface area contributed by atoms with Gasteiger partial charge in [-0.3, -0.25) is 4.79 Å². The van der Waals surface area contributed by atoms with Crippen LogP contribution in [0, 0.1) is 5.92 Å². The van der Waals surface area contributed by atoms with Crippen LogP contribution < -0.4 is 11.1 Å². The summed E-state index contributed by atoms with van der Waals surface area (Å²) in [7, 11) is 0. The quantitative estimate of drug-likeness (QED) is 0.777. The number of aliphatic hydroxyl groups excluding tert-OH is 1. The van der Waals surface area contributed by atoms with E-state index >= 15 is 0 Å². The number of rotatable bonds is 5. The van der Waals surface area contributed by atoms with Crippen molar-refractivity contribution in [1.29, 1.82) is 0 Å². The predicted octanol–water partition coefficient (Wildman–Crippen LogP) is 2.13. The average molecular weight is 290 g/mol. The van der Waals surface area contributed by atoms with Gasteiger partial charge in [-0.25, -0.2) is 0 Å². The number of hydrogen-bond donors (Lipinski definition) is 3. The van der Waals surface area contributed by atoms with Crippen molar-refractivity contribution >= 4 is 5.91 Å². The Balaban J connectivity index is 1.94. The van der Waals surface area contributed by atoms with E-state index in [-0.39, 0.29) is 25.0 Å². The van der Waals surface area contributed by atoms with Crippen molar-refractivity contribution < 1.29 is 9.90 Å². The molecule has 0 radical (unpaired) electrons. The molecule has 4 nitrogen and oxygen atoms in total. The SMILES string of the molecule is CC1CCCC(CO)(NC(=O)CC(N)c2ccccc2)C1. The van der Waals surface area contributed by atoms with Crippen molar-refractivity contribution in [3.8, 4) is 0 Å². The molecule has 0 saturated heterocycles. The molecule has 3 atom stereocenters. The van der Waals surface area contributed by atoms with Gasteiger partial charge in [-0.1, -0.05) is 50.1 Å². The molecule has 1 amide bonds. The third kappa shape index (κ3) is 4.29. The molecule has 3 unspecified atom stereocenters. The van der Waals surface area contributed by atoms with Crippen molar-refractivity contribution in [3.05, 3.63) is 35.9 Å². The molecule has 0 bridgehead atoms. The summed E-state index contributed by atoms with van der Waals surface area (Å²) < 4.78 is 0. The van der Waals surface area contributed by atoms with E-state index in [0.717, 1.165) is 24.8 Å². The smallest absolute Gasteiger partial charge is 0.222 e. The Hall–Kier alpha value is -1.39. The molecule has 1 aromatic carbocycles. The highest BCUT2D eigenvalue weighted by Crippen LogP contribution is 2.32. The fourth-order valence-corrected chi connectivity index (χ4v) is 3.32. The zero-order valence-corrected chi connectivity index (χ0v) is 12.7. The van der Waals surface area contributed by atoms with Gasteiger partial charge in [-0.05, 0) is 24.3 Å². The summed E-state index contributed by atoms with van der Waals surface area (Å²) in [6, 6.07) is 9.34. The first-order valence-electron chi connectivity index (χ1n) is 7.77. The summed E-state index contributed by atoms with van der Waals surface area (Å²) in [5.74, 6) is 0.462. The first-order valence-corrected chi connectivity index (χ1v) is 7.77. The van der Waals surface area contributed by atoms with Gasteiger partial charge in [0.15, 0.2) is 0 Å². The minimum Gasteiger partial charge on any atom is -0.394 e. The van der Waals surface area contributed by atoms with Gasteiger partial charge in [0.1, 0.15) is 0 Å². The van der Waals surface area contributed by atoms with Gasteiger partial charge >= 0.3 is 0 Å². The molecule has 0 aromatic heterocycles. The van der Waals surface area contributed by atoms with Crippen LogP contribution in [-0.2, 0) is 4.79 Å². The largest absolute Gasteiger partial charge is 0.394 e. The lowest BCUT2D eigenvalue weighted by molar-refractivity contribution is -0.124. The number of carbonyl (C=O) groups excluding carboxylic acids is 1. The van der Waals surface area contributed by atoms with Gasteiger partial charge in [-0.2, -0.15) is 0 Å². The molecule has 1 aliphatic rings. The van der Waals surface area contributed by atoms with Crippen molar-refractivity contribution in [1.82, 2.24) is 5.32 Å². The number of carbonyl (C=O) groups is 1. The lowest BCUT2D eigenvalue weighted by Gasteiger charge is -2.39. The second kappa shape index (κ2) is 7.05. The number of amides is 1. The maximum Gasteiger partial charge on any atom is 0.222 e. The van der Waals surface area contributed by atoms with E-state index in [9.17, 15) is 9.90 Å². The highest BCUT2D eigenvalue weighted by molar-refractivity contribution is 5.77. The highest BCUT2D eigenvalue weighted by atomic mass is 16.3. The molecule has 4 N–H and O–H groups in total. The summed E-state index contributed by atoms with van der Waals surface area (Å²) in [4.78, 5) is 12.3. The zero-order chi connectivity index (χ0) is 15.3. The third-order valence-electron chi connectivity index (χ3n) is 4.43. The minimum atomic E-state index is -0.453. The van der Waals surface area contributed by atoms with Gasteiger partial charge < -0.3 is 16.2 Å². The Labute approximate surface area is 126 Å². The number of aliphatic hydroxyl groups is 1. The van der Waals surface area contributed by atoms with Crippen molar-refractivity contribution in [2.75, 3.05) is 6.61 Å². The standard InChI is InChI=1S/C17H26N2O2/c1-13-6-5-9-17(11-13,12-20)19-16(21)10-15(18)14-7-3-2-4-8-14/h2-4,7-8,13,15,20H,5-6,9-12,18H2,1H3,(H,19,21). The van der Waals surface area contributed by atoms with E-state index in [4.69, 9.17) is 5.73 Å². The first-order chi connectivity index (χ1) is 10.0. The lowest BCUT2D eigenvalue weighted by Crippen LogP contribution is -2.54.